The van der Waals surface area contributed by atoms with Crippen molar-refractivity contribution in [2.24, 2.45) is 0 Å². The van der Waals surface area contributed by atoms with Gasteiger partial charge in [-0.15, -0.1) is 0 Å². The topological polar surface area (TPSA) is 47.6 Å². The Morgan fingerprint density at radius 1 is 1.00 bits per heavy atom. The number of benzene rings is 2. The van der Waals surface area contributed by atoms with Crippen LogP contribution in [0.25, 0.3) is 0 Å². The second kappa shape index (κ2) is 11.5. The van der Waals surface area contributed by atoms with E-state index in [2.05, 4.69) is 17.4 Å². The summed E-state index contributed by atoms with van der Waals surface area (Å²) in [6.07, 6.45) is 3.18. The lowest BCUT2D eigenvalue weighted by atomic mass is 10.1. The molecule has 4 nitrogen and oxygen atoms in total. The molecule has 0 fully saturated rings. The van der Waals surface area contributed by atoms with Crippen LogP contribution in [0.5, 0.6) is 11.5 Å². The van der Waals surface area contributed by atoms with Gasteiger partial charge in [-0.1, -0.05) is 23.7 Å². The SMILES string of the molecule is CC(C)Oc1ccc(CCCNC(=O)CCCOc2ccc(Cl)cc2)cc1. The molecule has 0 bridgehead atoms. The summed E-state index contributed by atoms with van der Waals surface area (Å²) >= 11 is 5.82. The highest BCUT2D eigenvalue weighted by Crippen LogP contribution is 2.16. The van der Waals surface area contributed by atoms with E-state index in [9.17, 15) is 4.79 Å². The third-order valence-corrected chi connectivity index (χ3v) is 4.14. The highest BCUT2D eigenvalue weighted by Gasteiger charge is 2.02. The maximum atomic E-state index is 11.9. The van der Waals surface area contributed by atoms with Crippen LogP contribution in [0.1, 0.15) is 38.7 Å². The van der Waals surface area contributed by atoms with E-state index < -0.39 is 0 Å². The number of hydrogen-bond acceptors (Lipinski definition) is 3. The Balaban J connectivity index is 1.53. The van der Waals surface area contributed by atoms with Crippen LogP contribution in [0, 0.1) is 0 Å². The molecule has 1 N–H and O–H groups in total. The summed E-state index contributed by atoms with van der Waals surface area (Å²) in [5.41, 5.74) is 1.25. The molecule has 27 heavy (non-hydrogen) atoms. The number of hydrogen-bond donors (Lipinski definition) is 1. The van der Waals surface area contributed by atoms with Crippen molar-refractivity contribution in [3.05, 3.63) is 59.1 Å². The minimum atomic E-state index is 0.0652. The zero-order valence-electron chi connectivity index (χ0n) is 16.0. The number of nitrogens with one attached hydrogen (secondary N) is 1. The molecule has 2 rings (SSSR count). The Bertz CT molecular complexity index is 684. The van der Waals surface area contributed by atoms with Crippen LogP contribution in [-0.2, 0) is 11.2 Å². The molecule has 0 atom stereocenters. The standard InChI is InChI=1S/C22H28ClNO3/c1-17(2)27-21-11-7-18(8-12-21)5-3-15-24-22(25)6-4-16-26-20-13-9-19(23)10-14-20/h7-14,17H,3-6,15-16H2,1-2H3,(H,24,25). The molecule has 0 saturated heterocycles. The molecular weight excluding hydrogens is 362 g/mol. The van der Waals surface area contributed by atoms with E-state index in [0.29, 0.717) is 31.0 Å². The summed E-state index contributed by atoms with van der Waals surface area (Å²) in [6.45, 7) is 5.22. The van der Waals surface area contributed by atoms with Gasteiger partial charge in [-0.2, -0.15) is 0 Å². The molecule has 0 radical (unpaired) electrons. The molecular formula is C22H28ClNO3. The second-order valence-corrected chi connectivity index (χ2v) is 7.11. The van der Waals surface area contributed by atoms with Crippen molar-refractivity contribution in [1.29, 1.82) is 0 Å². The van der Waals surface area contributed by atoms with Crippen molar-refractivity contribution >= 4 is 17.5 Å². The first kappa shape index (κ1) is 21.1. The summed E-state index contributed by atoms with van der Waals surface area (Å²) in [4.78, 5) is 11.9. The van der Waals surface area contributed by atoms with E-state index in [0.717, 1.165) is 24.3 Å². The summed E-state index contributed by atoms with van der Waals surface area (Å²) in [5, 5.41) is 3.64. The predicted octanol–water partition coefficient (Wildman–Crippen LogP) is 5.04. The maximum absolute atomic E-state index is 11.9. The average molecular weight is 390 g/mol. The van der Waals surface area contributed by atoms with Crippen molar-refractivity contribution in [3.8, 4) is 11.5 Å². The number of carbonyl (C=O) groups is 1. The van der Waals surface area contributed by atoms with Crippen LogP contribution in [0.2, 0.25) is 5.02 Å². The van der Waals surface area contributed by atoms with Gasteiger partial charge in [0, 0.05) is 18.0 Å². The number of halogens is 1. The molecule has 0 unspecified atom stereocenters. The van der Waals surface area contributed by atoms with Gasteiger partial charge in [0.1, 0.15) is 11.5 Å². The van der Waals surface area contributed by atoms with E-state index in [1.807, 2.05) is 38.1 Å². The van der Waals surface area contributed by atoms with Gasteiger partial charge >= 0.3 is 0 Å². The molecule has 0 aromatic heterocycles. The van der Waals surface area contributed by atoms with Crippen LogP contribution in [0.3, 0.4) is 0 Å². The van der Waals surface area contributed by atoms with Crippen molar-refractivity contribution in [2.45, 2.75) is 45.6 Å². The van der Waals surface area contributed by atoms with Gasteiger partial charge in [-0.3, -0.25) is 4.79 Å². The number of rotatable bonds is 11. The molecule has 0 aliphatic heterocycles. The molecule has 146 valence electrons. The summed E-state index contributed by atoms with van der Waals surface area (Å²) in [6, 6.07) is 15.4. The zero-order valence-corrected chi connectivity index (χ0v) is 16.8. The third-order valence-electron chi connectivity index (χ3n) is 3.89. The Morgan fingerprint density at radius 2 is 1.67 bits per heavy atom. The normalized spacial score (nSPS) is 10.7. The second-order valence-electron chi connectivity index (χ2n) is 6.67. The molecule has 0 heterocycles. The lowest BCUT2D eigenvalue weighted by Gasteiger charge is -2.10. The van der Waals surface area contributed by atoms with Gasteiger partial charge in [0.15, 0.2) is 0 Å². The monoisotopic (exact) mass is 389 g/mol. The smallest absolute Gasteiger partial charge is 0.220 e. The highest BCUT2D eigenvalue weighted by atomic mass is 35.5. The number of amides is 1. The molecule has 2 aromatic carbocycles. The van der Waals surface area contributed by atoms with E-state index in [4.69, 9.17) is 21.1 Å². The van der Waals surface area contributed by atoms with E-state index >= 15 is 0 Å². The van der Waals surface area contributed by atoms with E-state index in [1.54, 1.807) is 12.1 Å². The van der Waals surface area contributed by atoms with E-state index in [1.165, 1.54) is 5.56 Å². The van der Waals surface area contributed by atoms with E-state index in [-0.39, 0.29) is 12.0 Å². The lowest BCUT2D eigenvalue weighted by Crippen LogP contribution is -2.24. The first-order chi connectivity index (χ1) is 13.0. The minimum Gasteiger partial charge on any atom is -0.494 e. The van der Waals surface area contributed by atoms with Crippen LogP contribution in [0.4, 0.5) is 0 Å². The highest BCUT2D eigenvalue weighted by molar-refractivity contribution is 6.30. The number of ether oxygens (including phenoxy) is 2. The van der Waals surface area contributed by atoms with Crippen molar-refractivity contribution in [2.75, 3.05) is 13.2 Å². The van der Waals surface area contributed by atoms with Gasteiger partial charge in [0.05, 0.1) is 12.7 Å². The molecule has 0 aliphatic rings. The quantitative estimate of drug-likeness (QED) is 0.548. The molecule has 0 saturated carbocycles. The van der Waals surface area contributed by atoms with Crippen LogP contribution in [-0.4, -0.2) is 25.2 Å². The van der Waals surface area contributed by atoms with Crippen LogP contribution >= 0.6 is 11.6 Å². The van der Waals surface area contributed by atoms with Gasteiger partial charge in [-0.05, 0) is 75.1 Å². The maximum Gasteiger partial charge on any atom is 0.220 e. The minimum absolute atomic E-state index is 0.0652. The molecule has 1 amide bonds. The fourth-order valence-corrected chi connectivity index (χ4v) is 2.70. The fraction of sp³-hybridized carbons (Fsp3) is 0.409. The Kier molecular flexibility index (Phi) is 8.99. The molecule has 0 spiro atoms. The van der Waals surface area contributed by atoms with Crippen LogP contribution in [0.15, 0.2) is 48.5 Å². The first-order valence-corrected chi connectivity index (χ1v) is 9.81. The predicted molar refractivity (Wildman–Crippen MR) is 110 cm³/mol. The third kappa shape index (κ3) is 8.83. The molecule has 0 aliphatic carbocycles. The fourth-order valence-electron chi connectivity index (χ4n) is 2.57. The lowest BCUT2D eigenvalue weighted by molar-refractivity contribution is -0.121. The Hall–Kier alpha value is -2.20. The molecule has 5 heteroatoms. The summed E-state index contributed by atoms with van der Waals surface area (Å²) in [7, 11) is 0. The van der Waals surface area contributed by atoms with Crippen LogP contribution < -0.4 is 14.8 Å². The largest absolute Gasteiger partial charge is 0.494 e. The van der Waals surface area contributed by atoms with Crippen molar-refractivity contribution in [1.82, 2.24) is 5.32 Å². The van der Waals surface area contributed by atoms with Gasteiger partial charge in [0.25, 0.3) is 0 Å². The van der Waals surface area contributed by atoms with Crippen molar-refractivity contribution < 1.29 is 14.3 Å². The summed E-state index contributed by atoms with van der Waals surface area (Å²) < 4.78 is 11.2. The summed E-state index contributed by atoms with van der Waals surface area (Å²) in [5.74, 6) is 1.72. The number of aryl methyl sites for hydroxylation is 1. The first-order valence-electron chi connectivity index (χ1n) is 9.43. The Morgan fingerprint density at radius 3 is 2.33 bits per heavy atom. The zero-order chi connectivity index (χ0) is 19.5. The van der Waals surface area contributed by atoms with Gasteiger partial charge < -0.3 is 14.8 Å². The van der Waals surface area contributed by atoms with Gasteiger partial charge in [0.2, 0.25) is 5.91 Å². The van der Waals surface area contributed by atoms with Crippen molar-refractivity contribution in [3.63, 3.8) is 0 Å². The number of carbonyl (C=O) groups excluding carboxylic acids is 1. The Labute approximate surface area is 166 Å². The molecule has 2 aromatic rings. The average Bonchev–Trinajstić information content (AvgIpc) is 2.65. The van der Waals surface area contributed by atoms with Gasteiger partial charge in [-0.25, -0.2) is 0 Å².